The number of hydrogen-bond donors (Lipinski definition) is 1. The molecule has 2 nitrogen and oxygen atoms in total. The van der Waals surface area contributed by atoms with Crippen LogP contribution in [-0.4, -0.2) is 0 Å². The summed E-state index contributed by atoms with van der Waals surface area (Å²) in [5.74, 6) is 1.44. The molecule has 0 unspecified atom stereocenters. The second kappa shape index (κ2) is 6.75. The van der Waals surface area contributed by atoms with E-state index in [1.165, 1.54) is 27.1 Å². The van der Waals surface area contributed by atoms with Crippen molar-refractivity contribution in [3.05, 3.63) is 103 Å². The predicted octanol–water partition coefficient (Wildman–Crippen LogP) is 7.03. The molecule has 5 rings (SSSR count). The van der Waals surface area contributed by atoms with E-state index in [-0.39, 0.29) is 0 Å². The Morgan fingerprint density at radius 1 is 0.571 bits per heavy atom. The van der Waals surface area contributed by atoms with Gasteiger partial charge in [0.2, 0.25) is 0 Å². The molecule has 2 heteroatoms. The Morgan fingerprint density at radius 3 is 2.04 bits per heavy atom. The van der Waals surface area contributed by atoms with E-state index in [4.69, 9.17) is 10.5 Å². The van der Waals surface area contributed by atoms with Crippen LogP contribution in [0.5, 0.6) is 11.5 Å². The summed E-state index contributed by atoms with van der Waals surface area (Å²) >= 11 is 0. The average Bonchev–Trinajstić information content (AvgIpc) is 2.74. The van der Waals surface area contributed by atoms with Crippen LogP contribution in [0.3, 0.4) is 0 Å². The van der Waals surface area contributed by atoms with Gasteiger partial charge in [-0.25, -0.2) is 0 Å². The van der Waals surface area contributed by atoms with Crippen molar-refractivity contribution in [2.75, 3.05) is 5.73 Å². The summed E-state index contributed by atoms with van der Waals surface area (Å²) in [6.07, 6.45) is 0. The molecule has 0 aromatic heterocycles. The highest BCUT2D eigenvalue weighted by Crippen LogP contribution is 2.34. The molecule has 0 amide bonds. The third-order valence-electron chi connectivity index (χ3n) is 5.06. The van der Waals surface area contributed by atoms with Crippen molar-refractivity contribution >= 4 is 27.2 Å². The van der Waals surface area contributed by atoms with Crippen LogP contribution in [-0.2, 0) is 0 Å². The molecular formula is C26H19NO. The van der Waals surface area contributed by atoms with E-state index in [0.717, 1.165) is 11.3 Å². The highest BCUT2D eigenvalue weighted by atomic mass is 16.5. The Balaban J connectivity index is 1.55. The molecule has 0 heterocycles. The van der Waals surface area contributed by atoms with Gasteiger partial charge in [-0.2, -0.15) is 0 Å². The second-order valence-corrected chi connectivity index (χ2v) is 6.89. The molecule has 0 saturated carbocycles. The lowest BCUT2D eigenvalue weighted by molar-refractivity contribution is 0.485. The number of nitrogen functional groups attached to an aromatic ring is 1. The fraction of sp³-hybridized carbons (Fsp3) is 0. The number of ether oxygens (including phenoxy) is 1. The van der Waals surface area contributed by atoms with Gasteiger partial charge in [-0.1, -0.05) is 66.7 Å². The predicted molar refractivity (Wildman–Crippen MR) is 118 cm³/mol. The minimum Gasteiger partial charge on any atom is -0.455 e. The van der Waals surface area contributed by atoms with Crippen molar-refractivity contribution in [1.82, 2.24) is 0 Å². The molecule has 134 valence electrons. The molecule has 2 N–H and O–H groups in total. The summed E-state index contributed by atoms with van der Waals surface area (Å²) in [7, 11) is 0. The second-order valence-electron chi connectivity index (χ2n) is 6.89. The van der Waals surface area contributed by atoms with Gasteiger partial charge in [-0.05, 0) is 69.1 Å². The summed E-state index contributed by atoms with van der Waals surface area (Å²) < 4.78 is 5.92. The van der Waals surface area contributed by atoms with Gasteiger partial charge in [0.05, 0.1) is 5.69 Å². The third-order valence-corrected chi connectivity index (χ3v) is 5.06. The van der Waals surface area contributed by atoms with E-state index in [1.54, 1.807) is 0 Å². The topological polar surface area (TPSA) is 35.2 Å². The Morgan fingerprint density at radius 2 is 1.25 bits per heavy atom. The lowest BCUT2D eigenvalue weighted by atomic mass is 9.95. The van der Waals surface area contributed by atoms with E-state index in [9.17, 15) is 0 Å². The largest absolute Gasteiger partial charge is 0.455 e. The van der Waals surface area contributed by atoms with Gasteiger partial charge in [0.1, 0.15) is 11.5 Å². The lowest BCUT2D eigenvalue weighted by Gasteiger charge is -2.11. The zero-order chi connectivity index (χ0) is 18.9. The average molecular weight is 361 g/mol. The van der Waals surface area contributed by atoms with Crippen LogP contribution >= 0.6 is 0 Å². The van der Waals surface area contributed by atoms with E-state index in [1.807, 2.05) is 36.4 Å². The molecule has 0 fully saturated rings. The van der Waals surface area contributed by atoms with Crippen molar-refractivity contribution in [2.24, 2.45) is 0 Å². The molecule has 0 spiro atoms. The minimum absolute atomic E-state index is 0.632. The van der Waals surface area contributed by atoms with Crippen molar-refractivity contribution < 1.29 is 4.74 Å². The summed E-state index contributed by atoms with van der Waals surface area (Å²) in [6, 6.07) is 35.1. The monoisotopic (exact) mass is 361 g/mol. The highest BCUT2D eigenvalue weighted by Gasteiger charge is 2.07. The Hall–Kier alpha value is -3.78. The first-order valence-corrected chi connectivity index (χ1v) is 9.32. The van der Waals surface area contributed by atoms with Gasteiger partial charge >= 0.3 is 0 Å². The molecule has 0 radical (unpaired) electrons. The molecular weight excluding hydrogens is 342 g/mol. The maximum Gasteiger partial charge on any atom is 0.150 e. The fourth-order valence-electron chi connectivity index (χ4n) is 3.62. The Bertz CT molecular complexity index is 1290. The molecule has 5 aromatic rings. The zero-order valence-electron chi connectivity index (χ0n) is 15.3. The van der Waals surface area contributed by atoms with Crippen LogP contribution in [0.2, 0.25) is 0 Å². The molecule has 0 aliphatic rings. The highest BCUT2D eigenvalue weighted by molar-refractivity contribution is 6.04. The summed E-state index contributed by atoms with van der Waals surface area (Å²) in [6.45, 7) is 0. The van der Waals surface area contributed by atoms with Crippen molar-refractivity contribution in [3.8, 4) is 22.6 Å². The maximum atomic E-state index is 5.97. The number of fused-ring (bicyclic) bond motifs is 2. The van der Waals surface area contributed by atoms with Crippen LogP contribution in [0.15, 0.2) is 103 Å². The summed E-state index contributed by atoms with van der Waals surface area (Å²) in [5, 5.41) is 5.01. The van der Waals surface area contributed by atoms with Crippen LogP contribution in [0.1, 0.15) is 0 Å². The van der Waals surface area contributed by atoms with E-state index < -0.39 is 0 Å². The number of para-hydroxylation sites is 2. The van der Waals surface area contributed by atoms with Crippen LogP contribution < -0.4 is 10.5 Å². The molecule has 0 atom stereocenters. The smallest absolute Gasteiger partial charge is 0.150 e. The van der Waals surface area contributed by atoms with Crippen molar-refractivity contribution in [1.29, 1.82) is 0 Å². The number of benzene rings is 5. The molecule has 0 bridgehead atoms. The maximum absolute atomic E-state index is 5.97. The first-order valence-electron chi connectivity index (χ1n) is 9.32. The van der Waals surface area contributed by atoms with Gasteiger partial charge in [0.25, 0.3) is 0 Å². The first-order chi connectivity index (χ1) is 13.8. The fourth-order valence-corrected chi connectivity index (χ4v) is 3.62. The van der Waals surface area contributed by atoms with Crippen LogP contribution in [0.4, 0.5) is 5.69 Å². The third kappa shape index (κ3) is 2.95. The Kier molecular flexibility index (Phi) is 3.95. The molecule has 28 heavy (non-hydrogen) atoms. The van der Waals surface area contributed by atoms with Crippen LogP contribution in [0, 0.1) is 0 Å². The van der Waals surface area contributed by atoms with Gasteiger partial charge in [-0.15, -0.1) is 0 Å². The number of hydrogen-bond acceptors (Lipinski definition) is 2. The molecule has 5 aromatic carbocycles. The lowest BCUT2D eigenvalue weighted by Crippen LogP contribution is -1.91. The van der Waals surface area contributed by atoms with Crippen LogP contribution in [0.25, 0.3) is 32.7 Å². The summed E-state index contributed by atoms with van der Waals surface area (Å²) in [4.78, 5) is 0. The normalized spacial score (nSPS) is 11.0. The zero-order valence-corrected chi connectivity index (χ0v) is 15.3. The van der Waals surface area contributed by atoms with Gasteiger partial charge < -0.3 is 10.5 Å². The van der Waals surface area contributed by atoms with Gasteiger partial charge in [0, 0.05) is 0 Å². The van der Waals surface area contributed by atoms with Gasteiger partial charge in [-0.3, -0.25) is 0 Å². The first kappa shape index (κ1) is 16.4. The van der Waals surface area contributed by atoms with Gasteiger partial charge in [0.15, 0.2) is 0 Å². The molecule has 0 aliphatic heterocycles. The number of nitrogens with two attached hydrogens (primary N) is 1. The SMILES string of the molecule is Nc1ccccc1Oc1ccc(-c2cccc3cc4ccccc4cc23)cc1. The summed E-state index contributed by atoms with van der Waals surface area (Å²) in [5.41, 5.74) is 8.98. The standard InChI is InChI=1S/C26H19NO/c27-25-10-3-4-11-26(25)28-22-14-12-18(13-15-22)23-9-5-8-21-16-19-6-1-2-7-20(19)17-24(21)23/h1-17H,27H2. The van der Waals surface area contributed by atoms with E-state index in [0.29, 0.717) is 11.4 Å². The Labute approximate surface area is 163 Å². The van der Waals surface area contributed by atoms with E-state index in [2.05, 4.69) is 66.7 Å². The number of rotatable bonds is 3. The molecule has 0 saturated heterocycles. The minimum atomic E-state index is 0.632. The van der Waals surface area contributed by atoms with Crippen molar-refractivity contribution in [2.45, 2.75) is 0 Å². The quantitative estimate of drug-likeness (QED) is 0.276. The van der Waals surface area contributed by atoms with Crippen molar-refractivity contribution in [3.63, 3.8) is 0 Å². The molecule has 0 aliphatic carbocycles. The van der Waals surface area contributed by atoms with E-state index >= 15 is 0 Å². The number of anilines is 1.